The van der Waals surface area contributed by atoms with Gasteiger partial charge in [-0.25, -0.2) is 0 Å². The zero-order chi connectivity index (χ0) is 20.7. The molecule has 3 aromatic rings. The van der Waals surface area contributed by atoms with Crippen LogP contribution in [-0.2, 0) is 6.54 Å². The number of benzene rings is 2. The maximum Gasteiger partial charge on any atom is 0.238 e. The zero-order valence-corrected chi connectivity index (χ0v) is 16.8. The summed E-state index contributed by atoms with van der Waals surface area (Å²) in [6.07, 6.45) is 3.19. The van der Waals surface area contributed by atoms with Gasteiger partial charge < -0.3 is 29.9 Å². The Morgan fingerprint density at radius 3 is 2.23 bits per heavy atom. The highest BCUT2D eigenvalue weighted by Gasteiger charge is 2.24. The fraction of sp³-hybridized carbons (Fsp3) is 0.286. The highest BCUT2D eigenvalue weighted by atomic mass is 35.5. The van der Waals surface area contributed by atoms with Gasteiger partial charge in [0.1, 0.15) is 16.9 Å². The Balaban J connectivity index is 0.00000256. The van der Waals surface area contributed by atoms with Crippen LogP contribution in [0, 0.1) is 0 Å². The molecule has 4 rings (SSSR count). The zero-order valence-electron chi connectivity index (χ0n) is 16.0. The first-order valence-corrected chi connectivity index (χ1v) is 9.35. The number of nitrogens with zero attached hydrogens (tertiary/aromatic N) is 1. The first-order chi connectivity index (χ1) is 13.9. The number of hydrogen-bond acceptors (Lipinski definition) is 8. The number of halogens is 1. The Kier molecular flexibility index (Phi) is 6.00. The fourth-order valence-electron chi connectivity index (χ4n) is 3.73. The van der Waals surface area contributed by atoms with Gasteiger partial charge in [0.15, 0.2) is 22.8 Å². The van der Waals surface area contributed by atoms with Gasteiger partial charge >= 0.3 is 0 Å². The SMILES string of the molecule is Cl.O=c1c(O)c(-c2ccc(O)c(O)c2)oc2c(CN3CCCCC3)c(O)cc(O)c12. The number of hydrogen-bond donors (Lipinski definition) is 5. The molecule has 0 bridgehead atoms. The summed E-state index contributed by atoms with van der Waals surface area (Å²) in [6.45, 7) is 1.99. The molecular weight excluding hydrogens is 414 g/mol. The van der Waals surface area contributed by atoms with E-state index in [1.807, 2.05) is 0 Å². The van der Waals surface area contributed by atoms with Gasteiger partial charge in [-0.1, -0.05) is 6.42 Å². The van der Waals surface area contributed by atoms with Crippen LogP contribution in [0.2, 0.25) is 0 Å². The lowest BCUT2D eigenvalue weighted by atomic mass is 10.0. The smallest absolute Gasteiger partial charge is 0.238 e. The molecule has 0 atom stereocenters. The summed E-state index contributed by atoms with van der Waals surface area (Å²) in [5, 5.41) is 50.1. The molecule has 1 aliphatic rings. The van der Waals surface area contributed by atoms with E-state index in [4.69, 9.17) is 4.42 Å². The Hall–Kier alpha value is -3.10. The summed E-state index contributed by atoms with van der Waals surface area (Å²) >= 11 is 0. The van der Waals surface area contributed by atoms with Crippen LogP contribution in [0.1, 0.15) is 24.8 Å². The van der Waals surface area contributed by atoms with Crippen molar-refractivity contribution in [2.75, 3.05) is 13.1 Å². The first kappa shape index (κ1) is 21.6. The van der Waals surface area contributed by atoms with Gasteiger partial charge in [0.2, 0.25) is 11.2 Å². The normalized spacial score (nSPS) is 14.5. The third-order valence-electron chi connectivity index (χ3n) is 5.27. The molecule has 1 aliphatic heterocycles. The Morgan fingerprint density at radius 1 is 0.867 bits per heavy atom. The molecule has 2 heterocycles. The van der Waals surface area contributed by atoms with Crippen molar-refractivity contribution in [3.05, 3.63) is 40.1 Å². The topological polar surface area (TPSA) is 135 Å². The van der Waals surface area contributed by atoms with E-state index in [1.54, 1.807) is 0 Å². The van der Waals surface area contributed by atoms with E-state index in [1.165, 1.54) is 12.1 Å². The van der Waals surface area contributed by atoms with Crippen LogP contribution >= 0.6 is 12.4 Å². The molecule has 5 N–H and O–H groups in total. The van der Waals surface area contributed by atoms with Crippen molar-refractivity contribution < 1.29 is 29.9 Å². The average Bonchev–Trinajstić information content (AvgIpc) is 2.70. The monoisotopic (exact) mass is 435 g/mol. The lowest BCUT2D eigenvalue weighted by molar-refractivity contribution is 0.218. The Bertz CT molecular complexity index is 1150. The van der Waals surface area contributed by atoms with Crippen molar-refractivity contribution in [1.82, 2.24) is 4.90 Å². The minimum atomic E-state index is -0.855. The highest BCUT2D eigenvalue weighted by Crippen LogP contribution is 2.40. The molecule has 1 aromatic heterocycles. The van der Waals surface area contributed by atoms with Gasteiger partial charge in [-0.05, 0) is 44.1 Å². The molecular formula is C21H22ClNO7. The molecule has 0 saturated carbocycles. The van der Waals surface area contributed by atoms with E-state index in [0.717, 1.165) is 44.5 Å². The van der Waals surface area contributed by atoms with Crippen LogP contribution in [0.15, 0.2) is 33.5 Å². The number of fused-ring (bicyclic) bond motifs is 1. The van der Waals surface area contributed by atoms with Crippen molar-refractivity contribution >= 4 is 23.4 Å². The minimum Gasteiger partial charge on any atom is -0.507 e. The van der Waals surface area contributed by atoms with Gasteiger partial charge in [0.05, 0.1) is 5.56 Å². The summed E-state index contributed by atoms with van der Waals surface area (Å²) < 4.78 is 5.80. The highest BCUT2D eigenvalue weighted by molar-refractivity contribution is 5.91. The van der Waals surface area contributed by atoms with E-state index in [-0.39, 0.29) is 46.2 Å². The van der Waals surface area contributed by atoms with E-state index < -0.39 is 22.7 Å². The first-order valence-electron chi connectivity index (χ1n) is 9.35. The molecule has 0 amide bonds. The Morgan fingerprint density at radius 2 is 1.57 bits per heavy atom. The lowest BCUT2D eigenvalue weighted by Crippen LogP contribution is -2.29. The maximum atomic E-state index is 12.8. The van der Waals surface area contributed by atoms with E-state index in [0.29, 0.717) is 12.1 Å². The van der Waals surface area contributed by atoms with Crippen LogP contribution in [0.5, 0.6) is 28.7 Å². The van der Waals surface area contributed by atoms with Gasteiger partial charge in [0.25, 0.3) is 0 Å². The summed E-state index contributed by atoms with van der Waals surface area (Å²) in [4.78, 5) is 14.9. The molecule has 0 unspecified atom stereocenters. The second kappa shape index (κ2) is 8.33. The van der Waals surface area contributed by atoms with Crippen LogP contribution in [0.3, 0.4) is 0 Å². The van der Waals surface area contributed by atoms with Crippen LogP contribution in [0.4, 0.5) is 0 Å². The van der Waals surface area contributed by atoms with Gasteiger partial charge in [-0.3, -0.25) is 9.69 Å². The van der Waals surface area contributed by atoms with Crippen molar-refractivity contribution in [3.63, 3.8) is 0 Å². The van der Waals surface area contributed by atoms with Crippen molar-refractivity contribution in [3.8, 4) is 40.1 Å². The van der Waals surface area contributed by atoms with Crippen molar-refractivity contribution in [2.45, 2.75) is 25.8 Å². The molecule has 0 aliphatic carbocycles. The van der Waals surface area contributed by atoms with E-state index in [9.17, 15) is 30.3 Å². The minimum absolute atomic E-state index is 0. The molecule has 8 nitrogen and oxygen atoms in total. The predicted octanol–water partition coefficient (Wildman–Crippen LogP) is 3.40. The van der Waals surface area contributed by atoms with Crippen molar-refractivity contribution in [2.24, 2.45) is 0 Å². The number of aromatic hydroxyl groups is 5. The number of likely N-dealkylation sites (tertiary alicyclic amines) is 1. The second-order valence-corrected chi connectivity index (χ2v) is 7.25. The Labute approximate surface area is 177 Å². The fourth-order valence-corrected chi connectivity index (χ4v) is 3.73. The number of phenolic OH excluding ortho intramolecular Hbond substituents is 4. The summed E-state index contributed by atoms with van der Waals surface area (Å²) in [5.74, 6) is -2.50. The molecule has 2 aromatic carbocycles. The van der Waals surface area contributed by atoms with Crippen LogP contribution in [0.25, 0.3) is 22.3 Å². The third-order valence-corrected chi connectivity index (χ3v) is 5.27. The number of phenols is 4. The lowest BCUT2D eigenvalue weighted by Gasteiger charge is -2.27. The molecule has 9 heteroatoms. The van der Waals surface area contributed by atoms with Gasteiger partial charge in [0, 0.05) is 18.2 Å². The molecule has 160 valence electrons. The third kappa shape index (κ3) is 3.71. The molecule has 30 heavy (non-hydrogen) atoms. The standard InChI is InChI=1S/C21H21NO7.ClH/c23-13-5-4-11(8-15(13)25)20-19(28)18(27)17-16(26)9-14(24)12(21(17)29-20)10-22-6-2-1-3-7-22;/h4-5,8-9,23-26,28H,1-3,6-7,10H2;1H. The molecule has 0 radical (unpaired) electrons. The molecule has 0 spiro atoms. The average molecular weight is 436 g/mol. The second-order valence-electron chi connectivity index (χ2n) is 7.25. The van der Waals surface area contributed by atoms with E-state index in [2.05, 4.69) is 4.90 Å². The largest absolute Gasteiger partial charge is 0.507 e. The summed E-state index contributed by atoms with van der Waals surface area (Å²) in [6, 6.07) is 4.78. The quantitative estimate of drug-likeness (QED) is 0.395. The number of rotatable bonds is 3. The van der Waals surface area contributed by atoms with Crippen LogP contribution < -0.4 is 5.43 Å². The predicted molar refractivity (Wildman–Crippen MR) is 113 cm³/mol. The molecule has 1 fully saturated rings. The van der Waals surface area contributed by atoms with Gasteiger partial charge in [-0.15, -0.1) is 12.4 Å². The van der Waals surface area contributed by atoms with Crippen molar-refractivity contribution in [1.29, 1.82) is 0 Å². The molecule has 1 saturated heterocycles. The van der Waals surface area contributed by atoms with Crippen LogP contribution in [-0.4, -0.2) is 43.5 Å². The number of piperidine rings is 1. The summed E-state index contributed by atoms with van der Waals surface area (Å²) in [7, 11) is 0. The van der Waals surface area contributed by atoms with Gasteiger partial charge in [-0.2, -0.15) is 0 Å². The van der Waals surface area contributed by atoms with E-state index >= 15 is 0 Å². The summed E-state index contributed by atoms with van der Waals surface area (Å²) in [5.41, 5.74) is -0.394. The maximum absolute atomic E-state index is 12.8.